The molecule has 0 saturated carbocycles. The number of hydrogen-bond donors (Lipinski definition) is 0. The standard InChI is InChI=1S/C17H35N3O3S/c1-24(21,22)23-17-16-20(14-12-18-8-4-2-5-9-18)15-13-19-10-6-3-7-11-19/h2-17H2,1H3. The molecule has 2 aliphatic heterocycles. The largest absolute Gasteiger partial charge is 0.302 e. The molecule has 7 heteroatoms. The molecule has 142 valence electrons. The summed E-state index contributed by atoms with van der Waals surface area (Å²) in [6.07, 6.45) is 9.08. The summed E-state index contributed by atoms with van der Waals surface area (Å²) in [7, 11) is -3.34. The van der Waals surface area contributed by atoms with E-state index in [0.717, 1.165) is 32.4 Å². The van der Waals surface area contributed by atoms with Gasteiger partial charge in [0.25, 0.3) is 10.1 Å². The molecule has 2 aliphatic rings. The van der Waals surface area contributed by atoms with E-state index in [2.05, 4.69) is 14.7 Å². The Morgan fingerprint density at radius 3 is 1.67 bits per heavy atom. The lowest BCUT2D eigenvalue weighted by Gasteiger charge is -2.32. The van der Waals surface area contributed by atoms with E-state index in [1.807, 2.05) is 0 Å². The van der Waals surface area contributed by atoms with Crippen molar-refractivity contribution < 1.29 is 12.6 Å². The van der Waals surface area contributed by atoms with Gasteiger partial charge in [-0.05, 0) is 51.9 Å². The zero-order valence-corrected chi connectivity index (χ0v) is 16.1. The summed E-state index contributed by atoms with van der Waals surface area (Å²) >= 11 is 0. The van der Waals surface area contributed by atoms with Crippen LogP contribution < -0.4 is 0 Å². The smallest absolute Gasteiger partial charge is 0.264 e. The predicted octanol–water partition coefficient (Wildman–Crippen LogP) is 1.24. The molecule has 0 aromatic rings. The van der Waals surface area contributed by atoms with Crippen LogP contribution in [0.4, 0.5) is 0 Å². The normalized spacial score (nSPS) is 21.4. The molecule has 2 fully saturated rings. The van der Waals surface area contributed by atoms with Gasteiger partial charge in [-0.3, -0.25) is 9.08 Å². The minimum absolute atomic E-state index is 0.263. The lowest BCUT2D eigenvalue weighted by molar-refractivity contribution is 0.141. The van der Waals surface area contributed by atoms with Crippen LogP contribution in [0.15, 0.2) is 0 Å². The highest BCUT2D eigenvalue weighted by atomic mass is 32.2. The highest BCUT2D eigenvalue weighted by Crippen LogP contribution is 2.10. The summed E-state index contributed by atoms with van der Waals surface area (Å²) in [5.74, 6) is 0. The molecule has 0 N–H and O–H groups in total. The zero-order chi connectivity index (χ0) is 17.3. The molecule has 0 aromatic carbocycles. The maximum absolute atomic E-state index is 11.2. The maximum atomic E-state index is 11.2. The Kier molecular flexibility index (Phi) is 8.97. The Balaban J connectivity index is 1.73. The van der Waals surface area contributed by atoms with Crippen molar-refractivity contribution in [3.05, 3.63) is 0 Å². The van der Waals surface area contributed by atoms with Gasteiger partial charge in [-0.2, -0.15) is 8.42 Å². The lowest BCUT2D eigenvalue weighted by atomic mass is 10.1. The Hall–Kier alpha value is -0.210. The predicted molar refractivity (Wildman–Crippen MR) is 97.8 cm³/mol. The van der Waals surface area contributed by atoms with Crippen molar-refractivity contribution in [3.8, 4) is 0 Å². The summed E-state index contributed by atoms with van der Waals surface area (Å²) in [5, 5.41) is 0. The van der Waals surface area contributed by atoms with Crippen molar-refractivity contribution in [1.29, 1.82) is 0 Å². The molecule has 0 aromatic heterocycles. The first-order valence-electron chi connectivity index (χ1n) is 9.54. The van der Waals surface area contributed by atoms with E-state index < -0.39 is 10.1 Å². The number of rotatable bonds is 10. The second-order valence-electron chi connectivity index (χ2n) is 7.17. The first kappa shape index (κ1) is 20.1. The van der Waals surface area contributed by atoms with Crippen molar-refractivity contribution >= 4 is 10.1 Å². The fraction of sp³-hybridized carbons (Fsp3) is 1.00. The quantitative estimate of drug-likeness (QED) is 0.546. The van der Waals surface area contributed by atoms with Gasteiger partial charge in [-0.1, -0.05) is 12.8 Å². The van der Waals surface area contributed by atoms with Gasteiger partial charge in [-0.15, -0.1) is 0 Å². The summed E-state index contributed by atoms with van der Waals surface area (Å²) in [6.45, 7) is 9.95. The van der Waals surface area contributed by atoms with E-state index >= 15 is 0 Å². The van der Waals surface area contributed by atoms with Crippen LogP contribution in [-0.2, 0) is 14.3 Å². The van der Waals surface area contributed by atoms with Gasteiger partial charge in [0.15, 0.2) is 0 Å². The van der Waals surface area contributed by atoms with Gasteiger partial charge in [0.2, 0.25) is 0 Å². The van der Waals surface area contributed by atoms with Gasteiger partial charge in [0.1, 0.15) is 0 Å². The molecule has 2 rings (SSSR count). The van der Waals surface area contributed by atoms with Crippen LogP contribution in [-0.4, -0.2) is 94.9 Å². The van der Waals surface area contributed by atoms with E-state index in [0.29, 0.717) is 6.54 Å². The van der Waals surface area contributed by atoms with Crippen LogP contribution in [0.3, 0.4) is 0 Å². The topological polar surface area (TPSA) is 53.1 Å². The molecule has 0 radical (unpaired) electrons. The SMILES string of the molecule is CS(=O)(=O)OCCN(CCN1CCCCC1)CCN1CCCCC1. The number of likely N-dealkylation sites (tertiary alicyclic amines) is 2. The van der Waals surface area contributed by atoms with Gasteiger partial charge in [0.05, 0.1) is 12.9 Å². The van der Waals surface area contributed by atoms with E-state index in [1.54, 1.807) is 0 Å². The Morgan fingerprint density at radius 2 is 1.25 bits per heavy atom. The lowest BCUT2D eigenvalue weighted by Crippen LogP contribution is -2.43. The number of nitrogens with zero attached hydrogens (tertiary/aromatic N) is 3. The van der Waals surface area contributed by atoms with Gasteiger partial charge >= 0.3 is 0 Å². The molecule has 0 amide bonds. The fourth-order valence-corrected chi connectivity index (χ4v) is 3.96. The van der Waals surface area contributed by atoms with E-state index in [1.165, 1.54) is 64.7 Å². The average molecular weight is 362 g/mol. The van der Waals surface area contributed by atoms with Crippen LogP contribution >= 0.6 is 0 Å². The van der Waals surface area contributed by atoms with Gasteiger partial charge < -0.3 is 9.80 Å². The van der Waals surface area contributed by atoms with Crippen LogP contribution in [0.5, 0.6) is 0 Å². The number of hydrogen-bond acceptors (Lipinski definition) is 6. The first-order chi connectivity index (χ1) is 11.5. The molecule has 24 heavy (non-hydrogen) atoms. The van der Waals surface area contributed by atoms with Crippen LogP contribution in [0.2, 0.25) is 0 Å². The van der Waals surface area contributed by atoms with E-state index in [4.69, 9.17) is 4.18 Å². The molecular formula is C17H35N3O3S. The first-order valence-corrected chi connectivity index (χ1v) is 11.4. The summed E-state index contributed by atoms with van der Waals surface area (Å²) in [4.78, 5) is 7.44. The van der Waals surface area contributed by atoms with E-state index in [-0.39, 0.29) is 6.61 Å². The summed E-state index contributed by atoms with van der Waals surface area (Å²) < 4.78 is 27.3. The summed E-state index contributed by atoms with van der Waals surface area (Å²) in [6, 6.07) is 0. The molecule has 0 bridgehead atoms. The van der Waals surface area contributed by atoms with Crippen LogP contribution in [0.25, 0.3) is 0 Å². The van der Waals surface area contributed by atoms with E-state index in [9.17, 15) is 8.42 Å². The third kappa shape index (κ3) is 8.76. The maximum Gasteiger partial charge on any atom is 0.264 e. The Bertz CT molecular complexity index is 410. The molecule has 2 saturated heterocycles. The van der Waals surface area contributed by atoms with Crippen molar-refractivity contribution in [2.75, 3.05) is 71.8 Å². The second kappa shape index (κ2) is 10.7. The zero-order valence-electron chi connectivity index (χ0n) is 15.3. The molecular weight excluding hydrogens is 326 g/mol. The Morgan fingerprint density at radius 1 is 0.792 bits per heavy atom. The Labute approximate surface area is 148 Å². The third-order valence-electron chi connectivity index (χ3n) is 5.07. The molecule has 0 spiro atoms. The van der Waals surface area contributed by atoms with Crippen molar-refractivity contribution in [1.82, 2.24) is 14.7 Å². The van der Waals surface area contributed by atoms with Crippen LogP contribution in [0, 0.1) is 0 Å². The van der Waals surface area contributed by atoms with Crippen LogP contribution in [0.1, 0.15) is 38.5 Å². The summed E-state index contributed by atoms with van der Waals surface area (Å²) in [5.41, 5.74) is 0. The van der Waals surface area contributed by atoms with Gasteiger partial charge in [0, 0.05) is 32.7 Å². The molecule has 6 nitrogen and oxygen atoms in total. The highest BCUT2D eigenvalue weighted by Gasteiger charge is 2.15. The molecule has 0 unspecified atom stereocenters. The third-order valence-corrected chi connectivity index (χ3v) is 5.66. The van der Waals surface area contributed by atoms with Gasteiger partial charge in [-0.25, -0.2) is 0 Å². The van der Waals surface area contributed by atoms with Crippen molar-refractivity contribution in [3.63, 3.8) is 0 Å². The minimum atomic E-state index is -3.34. The minimum Gasteiger partial charge on any atom is -0.302 e. The number of piperidine rings is 2. The van der Waals surface area contributed by atoms with Crippen molar-refractivity contribution in [2.24, 2.45) is 0 Å². The highest BCUT2D eigenvalue weighted by molar-refractivity contribution is 7.85. The second-order valence-corrected chi connectivity index (χ2v) is 8.82. The average Bonchev–Trinajstić information content (AvgIpc) is 2.57. The molecule has 0 atom stereocenters. The molecule has 0 aliphatic carbocycles. The van der Waals surface area contributed by atoms with Crippen molar-refractivity contribution in [2.45, 2.75) is 38.5 Å². The fourth-order valence-electron chi connectivity index (χ4n) is 3.58. The monoisotopic (exact) mass is 361 g/mol. The molecule has 2 heterocycles.